The number of aliphatic carboxylic acids is 1. The van der Waals surface area contributed by atoms with Crippen molar-refractivity contribution in [2.24, 2.45) is 5.10 Å². The Morgan fingerprint density at radius 2 is 1.91 bits per heavy atom. The van der Waals surface area contributed by atoms with Crippen molar-refractivity contribution < 1.29 is 23.4 Å². The molecule has 0 heterocycles. The lowest BCUT2D eigenvalue weighted by Gasteiger charge is -2.06. The van der Waals surface area contributed by atoms with Crippen molar-refractivity contribution in [3.8, 4) is 5.75 Å². The van der Waals surface area contributed by atoms with Crippen molar-refractivity contribution in [2.75, 3.05) is 12.0 Å². The molecule has 23 heavy (non-hydrogen) atoms. The van der Waals surface area contributed by atoms with Gasteiger partial charge in [-0.25, -0.2) is 13.6 Å². The summed E-state index contributed by atoms with van der Waals surface area (Å²) in [6, 6.07) is 9.75. The lowest BCUT2D eigenvalue weighted by Crippen LogP contribution is -2.09. The zero-order chi connectivity index (χ0) is 16.8. The quantitative estimate of drug-likeness (QED) is 0.633. The maximum Gasteiger partial charge on any atom is 0.341 e. The molecule has 120 valence electrons. The molecule has 0 fully saturated rings. The number of carbonyl (C=O) groups is 1. The second-order valence-corrected chi connectivity index (χ2v) is 4.64. The molecular weight excluding hydrogens is 306 g/mol. The fourth-order valence-electron chi connectivity index (χ4n) is 1.73. The molecule has 0 bridgehead atoms. The largest absolute Gasteiger partial charge is 0.482 e. The van der Waals surface area contributed by atoms with Gasteiger partial charge < -0.3 is 9.84 Å². The van der Waals surface area contributed by atoms with Crippen LogP contribution in [0.15, 0.2) is 47.6 Å². The number of hydrogen-bond donors (Lipinski definition) is 2. The molecule has 0 saturated carbocycles. The molecular formula is C16H14F2N2O3. The van der Waals surface area contributed by atoms with Gasteiger partial charge in [-0.3, -0.25) is 5.43 Å². The van der Waals surface area contributed by atoms with Crippen LogP contribution in [0.1, 0.15) is 12.5 Å². The number of carboxylic acid groups (broad SMARTS) is 1. The second-order valence-electron chi connectivity index (χ2n) is 4.64. The van der Waals surface area contributed by atoms with Crippen LogP contribution in [-0.4, -0.2) is 23.4 Å². The van der Waals surface area contributed by atoms with Gasteiger partial charge in [0.1, 0.15) is 11.6 Å². The third-order valence-corrected chi connectivity index (χ3v) is 2.91. The predicted molar refractivity (Wildman–Crippen MR) is 81.8 cm³/mol. The van der Waals surface area contributed by atoms with E-state index in [0.29, 0.717) is 11.5 Å². The van der Waals surface area contributed by atoms with Crippen LogP contribution in [0.5, 0.6) is 5.75 Å². The zero-order valence-corrected chi connectivity index (χ0v) is 12.2. The summed E-state index contributed by atoms with van der Waals surface area (Å²) >= 11 is 0. The Balaban J connectivity index is 2.04. The first-order valence-electron chi connectivity index (χ1n) is 6.66. The monoisotopic (exact) mass is 320 g/mol. The van der Waals surface area contributed by atoms with Crippen molar-refractivity contribution >= 4 is 17.4 Å². The lowest BCUT2D eigenvalue weighted by atomic mass is 10.1. The number of anilines is 1. The van der Waals surface area contributed by atoms with E-state index in [1.165, 1.54) is 6.07 Å². The van der Waals surface area contributed by atoms with Crippen molar-refractivity contribution in [1.82, 2.24) is 0 Å². The summed E-state index contributed by atoms with van der Waals surface area (Å²) in [7, 11) is 0. The Morgan fingerprint density at radius 3 is 2.52 bits per heavy atom. The topological polar surface area (TPSA) is 70.9 Å². The van der Waals surface area contributed by atoms with E-state index in [-0.39, 0.29) is 5.69 Å². The summed E-state index contributed by atoms with van der Waals surface area (Å²) in [5, 5.41) is 12.6. The third kappa shape index (κ3) is 4.77. The van der Waals surface area contributed by atoms with Crippen LogP contribution in [0, 0.1) is 11.6 Å². The van der Waals surface area contributed by atoms with Gasteiger partial charge in [0, 0.05) is 6.07 Å². The molecule has 2 rings (SSSR count). The highest BCUT2D eigenvalue weighted by Gasteiger charge is 2.04. The smallest absolute Gasteiger partial charge is 0.341 e. The predicted octanol–water partition coefficient (Wildman–Crippen LogP) is 3.26. The van der Waals surface area contributed by atoms with Gasteiger partial charge in [-0.2, -0.15) is 5.10 Å². The zero-order valence-electron chi connectivity index (χ0n) is 12.2. The van der Waals surface area contributed by atoms with E-state index in [2.05, 4.69) is 10.5 Å². The van der Waals surface area contributed by atoms with Gasteiger partial charge in [0.15, 0.2) is 12.4 Å². The molecule has 0 aliphatic carbocycles. The third-order valence-electron chi connectivity index (χ3n) is 2.91. The van der Waals surface area contributed by atoms with Gasteiger partial charge in [-0.15, -0.1) is 0 Å². The summed E-state index contributed by atoms with van der Waals surface area (Å²) in [4.78, 5) is 10.4. The first-order valence-corrected chi connectivity index (χ1v) is 6.66. The van der Waals surface area contributed by atoms with Crippen LogP contribution in [0.25, 0.3) is 0 Å². The Kier molecular flexibility index (Phi) is 5.24. The molecule has 0 spiro atoms. The molecule has 2 N–H and O–H groups in total. The van der Waals surface area contributed by atoms with Crippen LogP contribution in [0.3, 0.4) is 0 Å². The highest BCUT2D eigenvalue weighted by Crippen LogP contribution is 2.16. The lowest BCUT2D eigenvalue weighted by molar-refractivity contribution is -0.139. The summed E-state index contributed by atoms with van der Waals surface area (Å²) < 4.78 is 31.3. The number of hydrazone groups is 1. The summed E-state index contributed by atoms with van der Waals surface area (Å²) in [6.45, 7) is 1.29. The summed E-state index contributed by atoms with van der Waals surface area (Å²) in [6.07, 6.45) is 0. The van der Waals surface area contributed by atoms with Crippen LogP contribution in [-0.2, 0) is 4.79 Å². The standard InChI is InChI=1S/C16H14F2N2O3/c1-10(19-20-15-7-4-12(17)8-14(15)18)11-2-5-13(6-3-11)23-9-16(21)22/h2-8,20H,9H2,1H3,(H,21,22)/b19-10-. The number of hydrogen-bond acceptors (Lipinski definition) is 4. The maximum atomic E-state index is 13.5. The number of ether oxygens (including phenoxy) is 1. The molecule has 0 unspecified atom stereocenters. The fraction of sp³-hybridized carbons (Fsp3) is 0.125. The highest BCUT2D eigenvalue weighted by atomic mass is 19.1. The Hall–Kier alpha value is -2.96. The number of rotatable bonds is 6. The van der Waals surface area contributed by atoms with Crippen molar-refractivity contribution in [1.29, 1.82) is 0 Å². The fourth-order valence-corrected chi connectivity index (χ4v) is 1.73. The van der Waals surface area contributed by atoms with E-state index in [0.717, 1.165) is 17.7 Å². The van der Waals surface area contributed by atoms with Crippen LogP contribution in [0.4, 0.5) is 14.5 Å². The van der Waals surface area contributed by atoms with Gasteiger partial charge in [0.2, 0.25) is 0 Å². The van der Waals surface area contributed by atoms with E-state index < -0.39 is 24.2 Å². The molecule has 0 aromatic heterocycles. The average molecular weight is 320 g/mol. The molecule has 0 amide bonds. The average Bonchev–Trinajstić information content (AvgIpc) is 2.52. The van der Waals surface area contributed by atoms with Crippen molar-refractivity contribution in [3.05, 3.63) is 59.7 Å². The van der Waals surface area contributed by atoms with E-state index in [4.69, 9.17) is 9.84 Å². The van der Waals surface area contributed by atoms with Gasteiger partial charge in [-0.1, -0.05) is 0 Å². The first kappa shape index (κ1) is 16.4. The Labute approximate surface area is 131 Å². The molecule has 0 radical (unpaired) electrons. The number of benzene rings is 2. The van der Waals surface area contributed by atoms with E-state index in [1.807, 2.05) is 0 Å². The number of nitrogens with one attached hydrogen (secondary N) is 1. The van der Waals surface area contributed by atoms with E-state index in [1.54, 1.807) is 31.2 Å². The van der Waals surface area contributed by atoms with Crippen LogP contribution < -0.4 is 10.2 Å². The molecule has 5 nitrogen and oxygen atoms in total. The van der Waals surface area contributed by atoms with Crippen LogP contribution in [0.2, 0.25) is 0 Å². The van der Waals surface area contributed by atoms with Gasteiger partial charge >= 0.3 is 5.97 Å². The number of halogens is 2. The Morgan fingerprint density at radius 1 is 1.22 bits per heavy atom. The summed E-state index contributed by atoms with van der Waals surface area (Å²) in [5.41, 5.74) is 3.90. The molecule has 2 aromatic carbocycles. The maximum absolute atomic E-state index is 13.5. The first-order chi connectivity index (χ1) is 11.0. The Bertz CT molecular complexity index is 731. The van der Waals surface area contributed by atoms with Crippen molar-refractivity contribution in [3.63, 3.8) is 0 Å². The number of nitrogens with zero attached hydrogens (tertiary/aromatic N) is 1. The minimum atomic E-state index is -1.06. The molecule has 0 atom stereocenters. The van der Waals surface area contributed by atoms with Crippen molar-refractivity contribution in [2.45, 2.75) is 6.92 Å². The highest BCUT2D eigenvalue weighted by molar-refractivity contribution is 5.99. The molecule has 0 saturated heterocycles. The molecule has 7 heteroatoms. The van der Waals surface area contributed by atoms with E-state index >= 15 is 0 Å². The van der Waals surface area contributed by atoms with Crippen LogP contribution >= 0.6 is 0 Å². The molecule has 0 aliphatic heterocycles. The minimum absolute atomic E-state index is 0.0622. The minimum Gasteiger partial charge on any atom is -0.482 e. The van der Waals surface area contributed by atoms with E-state index in [9.17, 15) is 13.6 Å². The van der Waals surface area contributed by atoms with Gasteiger partial charge in [0.25, 0.3) is 0 Å². The normalized spacial score (nSPS) is 11.2. The van der Waals surface area contributed by atoms with Gasteiger partial charge in [-0.05, 0) is 48.9 Å². The molecule has 0 aliphatic rings. The summed E-state index contributed by atoms with van der Waals surface area (Å²) in [5.74, 6) is -2.04. The number of carboxylic acids is 1. The molecule has 2 aromatic rings. The second kappa shape index (κ2) is 7.35. The van der Waals surface area contributed by atoms with Gasteiger partial charge in [0.05, 0.1) is 11.4 Å². The SMILES string of the molecule is C/C(=N/Nc1ccc(F)cc1F)c1ccc(OCC(=O)O)cc1.